The van der Waals surface area contributed by atoms with E-state index in [9.17, 15) is 9.90 Å². The summed E-state index contributed by atoms with van der Waals surface area (Å²) in [6.45, 7) is 4.98. The maximum atomic E-state index is 11.0. The molecule has 0 fully saturated rings. The molecule has 0 saturated carbocycles. The Hall–Kier alpha value is -0.650. The van der Waals surface area contributed by atoms with Gasteiger partial charge in [-0.1, -0.05) is 0 Å². The third-order valence-corrected chi connectivity index (χ3v) is 2.36. The number of ether oxygens (including phenoxy) is 2. The van der Waals surface area contributed by atoms with Crippen LogP contribution >= 0.6 is 0 Å². The predicted octanol–water partition coefficient (Wildman–Crippen LogP) is 0.652. The highest BCUT2D eigenvalue weighted by atomic mass is 16.5. The zero-order valence-corrected chi connectivity index (χ0v) is 9.69. The van der Waals surface area contributed by atoms with Crippen LogP contribution in [-0.4, -0.2) is 47.7 Å². The van der Waals surface area contributed by atoms with Gasteiger partial charge in [0.25, 0.3) is 0 Å². The van der Waals surface area contributed by atoms with E-state index in [4.69, 9.17) is 14.6 Å². The van der Waals surface area contributed by atoms with Crippen molar-refractivity contribution in [3.8, 4) is 0 Å². The summed E-state index contributed by atoms with van der Waals surface area (Å²) in [6, 6.07) is 0. The van der Waals surface area contributed by atoms with Crippen LogP contribution < -0.4 is 0 Å². The number of carboxylic acid groups (broad SMARTS) is 1. The van der Waals surface area contributed by atoms with Crippen LogP contribution in [0.4, 0.5) is 0 Å². The van der Waals surface area contributed by atoms with Crippen LogP contribution in [0, 0.1) is 0 Å². The largest absolute Gasteiger partial charge is 0.479 e. The lowest BCUT2D eigenvalue weighted by atomic mass is 10.0. The fraction of sp³-hybridized carbons (Fsp3) is 0.900. The first-order valence-electron chi connectivity index (χ1n) is 4.91. The average molecular weight is 220 g/mol. The molecule has 0 aliphatic carbocycles. The molecule has 2 N–H and O–H groups in total. The normalized spacial score (nSPS) is 19.3. The summed E-state index contributed by atoms with van der Waals surface area (Å²) in [4.78, 5) is 11.0. The molecule has 0 saturated heterocycles. The average Bonchev–Trinajstić information content (AvgIpc) is 2.14. The molecule has 5 heteroatoms. The Balaban J connectivity index is 4.44. The van der Waals surface area contributed by atoms with Crippen LogP contribution in [0.5, 0.6) is 0 Å². The minimum absolute atomic E-state index is 0.246. The molecule has 0 heterocycles. The zero-order chi connectivity index (χ0) is 12.1. The van der Waals surface area contributed by atoms with Crippen LogP contribution in [0.2, 0.25) is 0 Å². The van der Waals surface area contributed by atoms with Gasteiger partial charge in [0.15, 0.2) is 5.60 Å². The lowest BCUT2D eigenvalue weighted by molar-refractivity contribution is -0.179. The second-order valence-corrected chi connectivity index (χ2v) is 3.84. The molecule has 0 aliphatic rings. The topological polar surface area (TPSA) is 76.0 Å². The monoisotopic (exact) mass is 220 g/mol. The first kappa shape index (κ1) is 14.3. The van der Waals surface area contributed by atoms with Gasteiger partial charge in [0, 0.05) is 20.1 Å². The Labute approximate surface area is 90.0 Å². The third-order valence-electron chi connectivity index (χ3n) is 2.36. The van der Waals surface area contributed by atoms with Crippen LogP contribution in [0.25, 0.3) is 0 Å². The molecule has 0 amide bonds. The van der Waals surface area contributed by atoms with Gasteiger partial charge in [0.2, 0.25) is 0 Å². The standard InChI is InChI=1S/C10H20O5/c1-7(11)8(2)15-10(3,9(12)13)5-6-14-4/h7-8,11H,5-6H2,1-4H3,(H,12,13). The SMILES string of the molecule is COCCC(C)(OC(C)C(C)O)C(=O)O. The fourth-order valence-corrected chi connectivity index (χ4v) is 1.02. The number of carboxylic acids is 1. The maximum absolute atomic E-state index is 11.0. The van der Waals surface area contributed by atoms with Gasteiger partial charge in [-0.2, -0.15) is 0 Å². The zero-order valence-electron chi connectivity index (χ0n) is 9.69. The number of aliphatic hydroxyl groups is 1. The van der Waals surface area contributed by atoms with Crippen LogP contribution in [-0.2, 0) is 14.3 Å². The van der Waals surface area contributed by atoms with Crippen molar-refractivity contribution in [3.05, 3.63) is 0 Å². The van der Waals surface area contributed by atoms with Gasteiger partial charge in [0.1, 0.15) is 0 Å². The van der Waals surface area contributed by atoms with Gasteiger partial charge in [-0.05, 0) is 20.8 Å². The summed E-state index contributed by atoms with van der Waals surface area (Å²) in [5.74, 6) is -1.05. The minimum atomic E-state index is -1.31. The summed E-state index contributed by atoms with van der Waals surface area (Å²) in [6.07, 6.45) is -0.982. The highest BCUT2D eigenvalue weighted by molar-refractivity contribution is 5.76. The molecule has 0 aromatic rings. The number of hydrogen-bond donors (Lipinski definition) is 2. The third kappa shape index (κ3) is 4.59. The van der Waals surface area contributed by atoms with Gasteiger partial charge in [-0.15, -0.1) is 0 Å². The van der Waals surface area contributed by atoms with E-state index >= 15 is 0 Å². The molecule has 0 aromatic heterocycles. The molecule has 0 bridgehead atoms. The maximum Gasteiger partial charge on any atom is 0.335 e. The van der Waals surface area contributed by atoms with Crippen molar-refractivity contribution in [2.24, 2.45) is 0 Å². The molecule has 0 radical (unpaired) electrons. The van der Waals surface area contributed by atoms with Crippen LogP contribution in [0.3, 0.4) is 0 Å². The summed E-state index contributed by atoms with van der Waals surface area (Å²) in [5.41, 5.74) is -1.31. The molecule has 5 nitrogen and oxygen atoms in total. The van der Waals surface area contributed by atoms with E-state index in [2.05, 4.69) is 0 Å². The van der Waals surface area contributed by atoms with Crippen LogP contribution in [0.1, 0.15) is 27.2 Å². The highest BCUT2D eigenvalue weighted by Crippen LogP contribution is 2.19. The van der Waals surface area contributed by atoms with Crippen molar-refractivity contribution in [1.82, 2.24) is 0 Å². The minimum Gasteiger partial charge on any atom is -0.479 e. The van der Waals surface area contributed by atoms with Gasteiger partial charge in [-0.3, -0.25) is 0 Å². The van der Waals surface area contributed by atoms with Crippen LogP contribution in [0.15, 0.2) is 0 Å². The Kier molecular flexibility index (Phi) is 5.79. The summed E-state index contributed by atoms with van der Waals surface area (Å²) < 4.78 is 10.2. The number of aliphatic carboxylic acids is 1. The molecular weight excluding hydrogens is 200 g/mol. The Morgan fingerprint density at radius 1 is 1.47 bits per heavy atom. The predicted molar refractivity (Wildman–Crippen MR) is 54.8 cm³/mol. The number of aliphatic hydroxyl groups excluding tert-OH is 1. The molecular formula is C10H20O5. The van der Waals surface area contributed by atoms with E-state index in [0.29, 0.717) is 6.61 Å². The number of rotatable bonds is 7. The molecule has 0 aromatic carbocycles. The van der Waals surface area contributed by atoms with Gasteiger partial charge < -0.3 is 19.7 Å². The molecule has 0 rings (SSSR count). The summed E-state index contributed by atoms with van der Waals surface area (Å²) in [7, 11) is 1.50. The Bertz CT molecular complexity index is 204. The number of methoxy groups -OCH3 is 1. The van der Waals surface area contributed by atoms with Crippen molar-refractivity contribution in [1.29, 1.82) is 0 Å². The highest BCUT2D eigenvalue weighted by Gasteiger charge is 2.36. The lowest BCUT2D eigenvalue weighted by Gasteiger charge is -2.30. The molecule has 0 spiro atoms. The smallest absolute Gasteiger partial charge is 0.335 e. The first-order valence-corrected chi connectivity index (χ1v) is 4.91. The van der Waals surface area contributed by atoms with Gasteiger partial charge in [0.05, 0.1) is 12.2 Å². The molecule has 0 aliphatic heterocycles. The second-order valence-electron chi connectivity index (χ2n) is 3.84. The fourth-order valence-electron chi connectivity index (χ4n) is 1.02. The molecule has 3 atom stereocenters. The van der Waals surface area contributed by atoms with Crippen molar-refractivity contribution in [2.45, 2.75) is 45.0 Å². The quantitative estimate of drug-likeness (QED) is 0.659. The Morgan fingerprint density at radius 2 is 2.00 bits per heavy atom. The number of hydrogen-bond acceptors (Lipinski definition) is 4. The number of carbonyl (C=O) groups is 1. The van der Waals surface area contributed by atoms with E-state index in [1.807, 2.05) is 0 Å². The van der Waals surface area contributed by atoms with Gasteiger partial charge in [-0.25, -0.2) is 4.79 Å². The second kappa shape index (κ2) is 6.05. The first-order chi connectivity index (χ1) is 6.83. The van der Waals surface area contributed by atoms with E-state index in [1.54, 1.807) is 13.8 Å². The van der Waals surface area contributed by atoms with E-state index in [1.165, 1.54) is 14.0 Å². The van der Waals surface area contributed by atoms with Gasteiger partial charge >= 0.3 is 5.97 Å². The summed E-state index contributed by atoms with van der Waals surface area (Å²) in [5, 5.41) is 18.3. The van der Waals surface area contributed by atoms with Crippen molar-refractivity contribution >= 4 is 5.97 Å². The molecule has 90 valence electrons. The molecule has 15 heavy (non-hydrogen) atoms. The summed E-state index contributed by atoms with van der Waals surface area (Å²) >= 11 is 0. The lowest BCUT2D eigenvalue weighted by Crippen LogP contribution is -2.44. The van der Waals surface area contributed by atoms with Crippen molar-refractivity contribution in [2.75, 3.05) is 13.7 Å². The Morgan fingerprint density at radius 3 is 2.33 bits per heavy atom. The van der Waals surface area contributed by atoms with Crippen molar-refractivity contribution in [3.63, 3.8) is 0 Å². The molecule has 3 unspecified atom stereocenters. The van der Waals surface area contributed by atoms with E-state index in [-0.39, 0.29) is 6.42 Å². The van der Waals surface area contributed by atoms with E-state index < -0.39 is 23.8 Å². The van der Waals surface area contributed by atoms with E-state index in [0.717, 1.165) is 0 Å². The van der Waals surface area contributed by atoms with Crippen molar-refractivity contribution < 1.29 is 24.5 Å².